The van der Waals surface area contributed by atoms with Crippen LogP contribution in [0.15, 0.2) is 24.3 Å². The predicted octanol–water partition coefficient (Wildman–Crippen LogP) is 2.24. The molecule has 0 heterocycles. The number of amides is 1. The summed E-state index contributed by atoms with van der Waals surface area (Å²) in [6, 6.07) is 7.83. The van der Waals surface area contributed by atoms with Crippen molar-refractivity contribution >= 4 is 17.3 Å². The Bertz CT molecular complexity index is 359. The lowest BCUT2D eigenvalue weighted by molar-refractivity contribution is -0.116. The third kappa shape index (κ3) is 4.37. The maximum atomic E-state index is 11.5. The molecule has 0 bridgehead atoms. The second-order valence-corrected chi connectivity index (χ2v) is 4.09. The molecule has 2 N–H and O–H groups in total. The number of carbonyl (C=O) groups excluding carboxylic acids is 1. The molecule has 0 unspecified atom stereocenters. The van der Waals surface area contributed by atoms with E-state index >= 15 is 0 Å². The van der Waals surface area contributed by atoms with Crippen LogP contribution in [0.2, 0.25) is 0 Å². The third-order valence-electron chi connectivity index (χ3n) is 2.84. The van der Waals surface area contributed by atoms with Gasteiger partial charge in [-0.2, -0.15) is 0 Å². The minimum atomic E-state index is -0.0559. The van der Waals surface area contributed by atoms with E-state index in [0.29, 0.717) is 12.8 Å². The first-order valence-electron chi connectivity index (χ1n) is 6.47. The molecule has 0 saturated heterocycles. The number of rotatable bonds is 7. The van der Waals surface area contributed by atoms with Crippen molar-refractivity contribution in [2.75, 3.05) is 29.9 Å². The highest BCUT2D eigenvalue weighted by atomic mass is 16.3. The van der Waals surface area contributed by atoms with Crippen molar-refractivity contribution in [3.05, 3.63) is 24.3 Å². The first-order valence-corrected chi connectivity index (χ1v) is 6.47. The molecular formula is C14H22N2O2. The van der Waals surface area contributed by atoms with Gasteiger partial charge in [-0.1, -0.05) is 0 Å². The normalized spacial score (nSPS) is 10.2. The molecule has 4 nitrogen and oxygen atoms in total. The molecule has 1 aromatic carbocycles. The van der Waals surface area contributed by atoms with Crippen molar-refractivity contribution < 1.29 is 9.90 Å². The van der Waals surface area contributed by atoms with Gasteiger partial charge in [0.05, 0.1) is 0 Å². The topological polar surface area (TPSA) is 52.6 Å². The Labute approximate surface area is 109 Å². The van der Waals surface area contributed by atoms with Crippen LogP contribution in [0.25, 0.3) is 0 Å². The zero-order valence-corrected chi connectivity index (χ0v) is 11.1. The molecule has 0 saturated carbocycles. The van der Waals surface area contributed by atoms with Crippen LogP contribution in [-0.4, -0.2) is 30.7 Å². The lowest BCUT2D eigenvalue weighted by Crippen LogP contribution is -2.21. The van der Waals surface area contributed by atoms with Crippen molar-refractivity contribution in [1.29, 1.82) is 0 Å². The van der Waals surface area contributed by atoms with E-state index in [9.17, 15) is 4.79 Å². The first-order chi connectivity index (χ1) is 8.71. The van der Waals surface area contributed by atoms with E-state index in [0.717, 1.165) is 24.5 Å². The lowest BCUT2D eigenvalue weighted by Gasteiger charge is -2.21. The van der Waals surface area contributed by atoms with E-state index < -0.39 is 0 Å². The highest BCUT2D eigenvalue weighted by Crippen LogP contribution is 2.17. The fourth-order valence-corrected chi connectivity index (χ4v) is 1.81. The summed E-state index contributed by atoms with van der Waals surface area (Å²) in [4.78, 5) is 13.7. The third-order valence-corrected chi connectivity index (χ3v) is 2.84. The second kappa shape index (κ2) is 7.71. The fraction of sp³-hybridized carbons (Fsp3) is 0.500. The van der Waals surface area contributed by atoms with Crippen molar-refractivity contribution in [1.82, 2.24) is 0 Å². The quantitative estimate of drug-likeness (QED) is 0.780. The maximum Gasteiger partial charge on any atom is 0.224 e. The van der Waals surface area contributed by atoms with Gasteiger partial charge >= 0.3 is 0 Å². The average molecular weight is 250 g/mol. The molecule has 0 aliphatic rings. The summed E-state index contributed by atoms with van der Waals surface area (Å²) in [6.45, 7) is 6.23. The molecule has 1 amide bonds. The van der Waals surface area contributed by atoms with Gasteiger partial charge in [0.25, 0.3) is 0 Å². The molecule has 1 rings (SSSR count). The number of nitrogens with one attached hydrogen (secondary N) is 1. The van der Waals surface area contributed by atoms with Crippen molar-refractivity contribution in [2.45, 2.75) is 26.7 Å². The molecule has 1 aromatic rings. The van der Waals surface area contributed by atoms with E-state index in [1.807, 2.05) is 24.3 Å². The van der Waals surface area contributed by atoms with Crippen LogP contribution in [0.5, 0.6) is 0 Å². The number of carbonyl (C=O) groups is 1. The lowest BCUT2D eigenvalue weighted by atomic mass is 10.2. The van der Waals surface area contributed by atoms with Crippen molar-refractivity contribution in [3.63, 3.8) is 0 Å². The Morgan fingerprint density at radius 2 is 1.83 bits per heavy atom. The molecule has 100 valence electrons. The predicted molar refractivity (Wildman–Crippen MR) is 75.0 cm³/mol. The summed E-state index contributed by atoms with van der Waals surface area (Å²) in [7, 11) is 0. The van der Waals surface area contributed by atoms with E-state index in [-0.39, 0.29) is 12.5 Å². The Kier molecular flexibility index (Phi) is 6.22. The minimum Gasteiger partial charge on any atom is -0.396 e. The number of hydrogen-bond acceptors (Lipinski definition) is 3. The van der Waals surface area contributed by atoms with Crippen LogP contribution < -0.4 is 10.2 Å². The van der Waals surface area contributed by atoms with Crippen LogP contribution in [0.3, 0.4) is 0 Å². The minimum absolute atomic E-state index is 0.0499. The van der Waals surface area contributed by atoms with Gasteiger partial charge in [-0.15, -0.1) is 0 Å². The van der Waals surface area contributed by atoms with E-state index in [1.165, 1.54) is 0 Å². The number of hydrogen-bond donors (Lipinski definition) is 2. The summed E-state index contributed by atoms with van der Waals surface area (Å²) >= 11 is 0. The molecule has 0 fully saturated rings. The van der Waals surface area contributed by atoms with E-state index in [4.69, 9.17) is 5.11 Å². The van der Waals surface area contributed by atoms with Crippen LogP contribution >= 0.6 is 0 Å². The van der Waals surface area contributed by atoms with Gasteiger partial charge < -0.3 is 15.3 Å². The number of benzene rings is 1. The number of aliphatic hydroxyl groups is 1. The summed E-state index contributed by atoms with van der Waals surface area (Å²) in [5.74, 6) is -0.0559. The Balaban J connectivity index is 2.57. The highest BCUT2D eigenvalue weighted by molar-refractivity contribution is 5.90. The van der Waals surface area contributed by atoms with Crippen molar-refractivity contribution in [3.8, 4) is 0 Å². The second-order valence-electron chi connectivity index (χ2n) is 4.09. The summed E-state index contributed by atoms with van der Waals surface area (Å²) < 4.78 is 0. The molecule has 0 radical (unpaired) electrons. The van der Waals surface area contributed by atoms with Gasteiger partial charge in [0.2, 0.25) is 5.91 Å². The zero-order chi connectivity index (χ0) is 13.4. The van der Waals surface area contributed by atoms with Crippen molar-refractivity contribution in [2.24, 2.45) is 0 Å². The fourth-order valence-electron chi connectivity index (χ4n) is 1.81. The number of aliphatic hydroxyl groups excluding tert-OH is 1. The largest absolute Gasteiger partial charge is 0.396 e. The molecule has 0 atom stereocenters. The van der Waals surface area contributed by atoms with Crippen LogP contribution in [0.4, 0.5) is 11.4 Å². The number of anilines is 2. The van der Waals surface area contributed by atoms with Gasteiger partial charge in [0.15, 0.2) is 0 Å². The molecule has 0 aromatic heterocycles. The highest BCUT2D eigenvalue weighted by Gasteiger charge is 2.04. The van der Waals surface area contributed by atoms with E-state index in [2.05, 4.69) is 24.1 Å². The van der Waals surface area contributed by atoms with Gasteiger partial charge in [0.1, 0.15) is 0 Å². The summed E-state index contributed by atoms with van der Waals surface area (Å²) in [5.41, 5.74) is 1.96. The Morgan fingerprint density at radius 1 is 1.22 bits per heavy atom. The van der Waals surface area contributed by atoms with Gasteiger partial charge in [-0.3, -0.25) is 4.79 Å². The van der Waals surface area contributed by atoms with Crippen LogP contribution in [-0.2, 0) is 4.79 Å². The van der Waals surface area contributed by atoms with Gasteiger partial charge in [-0.05, 0) is 44.5 Å². The van der Waals surface area contributed by atoms with E-state index in [1.54, 1.807) is 0 Å². The molecule has 18 heavy (non-hydrogen) atoms. The summed E-state index contributed by atoms with van der Waals surface area (Å²) in [6.07, 6.45) is 0.859. The molecular weight excluding hydrogens is 228 g/mol. The maximum absolute atomic E-state index is 11.5. The van der Waals surface area contributed by atoms with Gasteiger partial charge in [0, 0.05) is 37.5 Å². The smallest absolute Gasteiger partial charge is 0.224 e. The monoisotopic (exact) mass is 250 g/mol. The standard InChI is InChI=1S/C14H22N2O2/c1-3-16(4-2)13-9-7-12(8-10-13)15-14(18)6-5-11-17/h7-10,17H,3-6,11H2,1-2H3,(H,15,18). The zero-order valence-electron chi connectivity index (χ0n) is 11.1. The summed E-state index contributed by atoms with van der Waals surface area (Å²) in [5, 5.41) is 11.5. The van der Waals surface area contributed by atoms with Crippen LogP contribution in [0, 0.1) is 0 Å². The molecule has 0 aliphatic carbocycles. The van der Waals surface area contributed by atoms with Gasteiger partial charge in [-0.25, -0.2) is 0 Å². The van der Waals surface area contributed by atoms with Crippen LogP contribution in [0.1, 0.15) is 26.7 Å². The SMILES string of the molecule is CCN(CC)c1ccc(NC(=O)CCCO)cc1. The molecule has 4 heteroatoms. The average Bonchev–Trinajstić information content (AvgIpc) is 2.40. The Hall–Kier alpha value is -1.55. The number of nitrogens with zero attached hydrogens (tertiary/aromatic N) is 1. The first kappa shape index (κ1) is 14.5. The Morgan fingerprint density at radius 3 is 2.33 bits per heavy atom. The molecule has 0 aliphatic heterocycles. The molecule has 0 spiro atoms.